The predicted molar refractivity (Wildman–Crippen MR) is 59.7 cm³/mol. The van der Waals surface area contributed by atoms with Crippen molar-refractivity contribution in [2.75, 3.05) is 19.6 Å². The maximum atomic E-state index is 6.03. The van der Waals surface area contributed by atoms with Crippen molar-refractivity contribution >= 4 is 0 Å². The highest BCUT2D eigenvalue weighted by Gasteiger charge is 2.44. The van der Waals surface area contributed by atoms with Gasteiger partial charge in [-0.2, -0.15) is 0 Å². The van der Waals surface area contributed by atoms with Gasteiger partial charge in [0.15, 0.2) is 0 Å². The third kappa shape index (κ3) is 1.61. The van der Waals surface area contributed by atoms with E-state index in [-0.39, 0.29) is 0 Å². The molecule has 0 amide bonds. The summed E-state index contributed by atoms with van der Waals surface area (Å²) in [6.07, 6.45) is 8.89. The lowest BCUT2D eigenvalue weighted by Gasteiger charge is -2.45. The van der Waals surface area contributed by atoms with Gasteiger partial charge in [-0.15, -0.1) is 0 Å². The van der Waals surface area contributed by atoms with Crippen molar-refractivity contribution < 1.29 is 4.74 Å². The van der Waals surface area contributed by atoms with Crippen molar-refractivity contribution in [3.63, 3.8) is 0 Å². The molecule has 0 aromatic carbocycles. The number of nitrogens with zero attached hydrogens (tertiary/aromatic N) is 1. The maximum Gasteiger partial charge on any atom is 0.0707 e. The fourth-order valence-electron chi connectivity index (χ4n) is 3.68. The predicted octanol–water partition coefficient (Wildman–Crippen LogP) is 1.12. The van der Waals surface area contributed by atoms with Crippen LogP contribution in [0.5, 0.6) is 0 Å². The van der Waals surface area contributed by atoms with Crippen LogP contribution in [-0.2, 0) is 4.74 Å². The van der Waals surface area contributed by atoms with Gasteiger partial charge in [-0.05, 0) is 25.7 Å². The molecule has 3 fully saturated rings. The Morgan fingerprint density at radius 2 is 1.73 bits per heavy atom. The molecule has 0 aromatic heterocycles. The molecule has 3 rings (SSSR count). The Morgan fingerprint density at radius 3 is 2.27 bits per heavy atom. The summed E-state index contributed by atoms with van der Waals surface area (Å²) in [5.41, 5.74) is 6.37. The molecule has 2 N–H and O–H groups in total. The van der Waals surface area contributed by atoms with Gasteiger partial charge < -0.3 is 10.5 Å². The van der Waals surface area contributed by atoms with E-state index in [2.05, 4.69) is 4.90 Å². The van der Waals surface area contributed by atoms with Gasteiger partial charge in [0, 0.05) is 25.2 Å². The van der Waals surface area contributed by atoms with E-state index in [1.807, 2.05) is 0 Å². The first-order valence-electron chi connectivity index (χ1n) is 6.43. The van der Waals surface area contributed by atoms with Crippen molar-refractivity contribution in [1.29, 1.82) is 0 Å². The third-order valence-corrected chi connectivity index (χ3v) is 4.63. The highest BCUT2D eigenvalue weighted by atomic mass is 16.5. The summed E-state index contributed by atoms with van der Waals surface area (Å²) >= 11 is 0. The third-order valence-electron chi connectivity index (χ3n) is 4.63. The van der Waals surface area contributed by atoms with Gasteiger partial charge in [0.25, 0.3) is 0 Å². The summed E-state index contributed by atoms with van der Waals surface area (Å²) in [6, 6.07) is 0. The normalized spacial score (nSPS) is 39.8. The van der Waals surface area contributed by atoms with Crippen molar-refractivity contribution in [2.45, 2.75) is 56.3 Å². The molecule has 2 aliphatic heterocycles. The van der Waals surface area contributed by atoms with E-state index >= 15 is 0 Å². The minimum atomic E-state index is 0.338. The molecule has 3 nitrogen and oxygen atoms in total. The number of hydrogen-bond donors (Lipinski definition) is 1. The molecule has 2 bridgehead atoms. The van der Waals surface area contributed by atoms with Crippen LogP contribution < -0.4 is 5.73 Å². The molecule has 3 heteroatoms. The van der Waals surface area contributed by atoms with Gasteiger partial charge in [-0.1, -0.05) is 12.8 Å². The first-order valence-corrected chi connectivity index (χ1v) is 6.43. The molecule has 86 valence electrons. The molecule has 2 atom stereocenters. The second kappa shape index (κ2) is 3.72. The molecule has 2 saturated heterocycles. The zero-order chi connectivity index (χ0) is 10.3. The number of likely N-dealkylation sites (tertiary alicyclic amines) is 1. The maximum absolute atomic E-state index is 6.03. The van der Waals surface area contributed by atoms with E-state index in [1.54, 1.807) is 0 Å². The Labute approximate surface area is 91.9 Å². The van der Waals surface area contributed by atoms with E-state index < -0.39 is 0 Å². The lowest BCUT2D eigenvalue weighted by molar-refractivity contribution is -0.0754. The minimum absolute atomic E-state index is 0.338. The largest absolute Gasteiger partial charge is 0.372 e. The molecule has 0 spiro atoms. The molecular weight excluding hydrogens is 188 g/mol. The Morgan fingerprint density at radius 1 is 1.13 bits per heavy atom. The lowest BCUT2D eigenvalue weighted by Crippen LogP contribution is -2.58. The van der Waals surface area contributed by atoms with E-state index in [0.717, 1.165) is 19.6 Å². The molecule has 3 aliphatic rings. The Hall–Kier alpha value is -0.120. The van der Waals surface area contributed by atoms with Crippen LogP contribution in [0.2, 0.25) is 0 Å². The van der Waals surface area contributed by atoms with Gasteiger partial charge in [0.1, 0.15) is 0 Å². The summed E-state index contributed by atoms with van der Waals surface area (Å²) in [5, 5.41) is 0. The number of ether oxygens (including phenoxy) is 1. The van der Waals surface area contributed by atoms with Crippen molar-refractivity contribution in [3.8, 4) is 0 Å². The van der Waals surface area contributed by atoms with E-state index in [4.69, 9.17) is 10.5 Å². The molecule has 0 aromatic rings. The average molecular weight is 210 g/mol. The number of morpholine rings is 1. The number of fused-ring (bicyclic) bond motifs is 2. The van der Waals surface area contributed by atoms with Crippen LogP contribution in [-0.4, -0.2) is 42.3 Å². The smallest absolute Gasteiger partial charge is 0.0707 e. The standard InChI is InChI=1S/C12H22N2O/c13-9-12(5-1-2-6-12)14-7-10-3-4-11(8-14)15-10/h10-11H,1-9,13H2. The summed E-state index contributed by atoms with van der Waals surface area (Å²) in [5.74, 6) is 0. The number of rotatable bonds is 2. The fourth-order valence-corrected chi connectivity index (χ4v) is 3.68. The highest BCUT2D eigenvalue weighted by molar-refractivity contribution is 5.00. The zero-order valence-electron chi connectivity index (χ0n) is 9.45. The molecule has 1 aliphatic carbocycles. The summed E-state index contributed by atoms with van der Waals surface area (Å²) in [6.45, 7) is 3.11. The Balaban J connectivity index is 1.75. The second-order valence-corrected chi connectivity index (χ2v) is 5.50. The monoisotopic (exact) mass is 210 g/mol. The van der Waals surface area contributed by atoms with Crippen LogP contribution in [0.1, 0.15) is 38.5 Å². The molecular formula is C12H22N2O. The van der Waals surface area contributed by atoms with Gasteiger partial charge in [0.2, 0.25) is 0 Å². The SMILES string of the molecule is NCC1(N2CC3CCC(C2)O3)CCCC1. The van der Waals surface area contributed by atoms with Crippen molar-refractivity contribution in [1.82, 2.24) is 4.90 Å². The summed E-state index contributed by atoms with van der Waals surface area (Å²) in [7, 11) is 0. The number of hydrogen-bond acceptors (Lipinski definition) is 3. The minimum Gasteiger partial charge on any atom is -0.372 e. The van der Waals surface area contributed by atoms with Crippen LogP contribution in [0.25, 0.3) is 0 Å². The molecule has 0 radical (unpaired) electrons. The van der Waals surface area contributed by atoms with Crippen LogP contribution in [0.3, 0.4) is 0 Å². The fraction of sp³-hybridized carbons (Fsp3) is 1.00. The zero-order valence-corrected chi connectivity index (χ0v) is 9.45. The summed E-state index contributed by atoms with van der Waals surface area (Å²) < 4.78 is 5.89. The number of nitrogens with two attached hydrogens (primary N) is 1. The second-order valence-electron chi connectivity index (χ2n) is 5.50. The van der Waals surface area contributed by atoms with Crippen molar-refractivity contribution in [2.24, 2.45) is 5.73 Å². The Kier molecular flexibility index (Phi) is 2.49. The topological polar surface area (TPSA) is 38.5 Å². The van der Waals surface area contributed by atoms with Crippen molar-refractivity contribution in [3.05, 3.63) is 0 Å². The molecule has 2 heterocycles. The average Bonchev–Trinajstić information content (AvgIpc) is 2.86. The van der Waals surface area contributed by atoms with Gasteiger partial charge in [-0.25, -0.2) is 0 Å². The Bertz CT molecular complexity index is 226. The van der Waals surface area contributed by atoms with Gasteiger partial charge in [0.05, 0.1) is 12.2 Å². The first kappa shape index (κ1) is 10.1. The molecule has 2 unspecified atom stereocenters. The van der Waals surface area contributed by atoms with E-state index in [0.29, 0.717) is 17.7 Å². The van der Waals surface area contributed by atoms with Gasteiger partial charge >= 0.3 is 0 Å². The quantitative estimate of drug-likeness (QED) is 0.742. The van der Waals surface area contributed by atoms with Crippen LogP contribution >= 0.6 is 0 Å². The summed E-state index contributed by atoms with van der Waals surface area (Å²) in [4.78, 5) is 2.66. The lowest BCUT2D eigenvalue weighted by atomic mass is 9.94. The molecule has 15 heavy (non-hydrogen) atoms. The highest BCUT2D eigenvalue weighted by Crippen LogP contribution is 2.38. The first-order chi connectivity index (χ1) is 7.32. The van der Waals surface area contributed by atoms with Crippen LogP contribution in [0.15, 0.2) is 0 Å². The van der Waals surface area contributed by atoms with Crippen LogP contribution in [0.4, 0.5) is 0 Å². The van der Waals surface area contributed by atoms with E-state index in [1.165, 1.54) is 38.5 Å². The van der Waals surface area contributed by atoms with Gasteiger partial charge in [-0.3, -0.25) is 4.90 Å². The van der Waals surface area contributed by atoms with E-state index in [9.17, 15) is 0 Å². The molecule has 1 saturated carbocycles. The van der Waals surface area contributed by atoms with Crippen LogP contribution in [0, 0.1) is 0 Å².